The lowest BCUT2D eigenvalue weighted by atomic mass is 10.0. The monoisotopic (exact) mass is 217 g/mol. The van der Waals surface area contributed by atoms with E-state index in [2.05, 4.69) is 15.6 Å². The summed E-state index contributed by atoms with van der Waals surface area (Å²) in [5.41, 5.74) is 3.80. The average molecular weight is 217 g/mol. The second-order valence-electron chi connectivity index (χ2n) is 3.98. The van der Waals surface area contributed by atoms with Crippen molar-refractivity contribution in [3.8, 4) is 0 Å². The molecule has 0 aliphatic carbocycles. The Kier molecular flexibility index (Phi) is 3.01. The third-order valence-corrected chi connectivity index (χ3v) is 2.82. The summed E-state index contributed by atoms with van der Waals surface area (Å²) in [7, 11) is 0. The van der Waals surface area contributed by atoms with Crippen LogP contribution in [0.2, 0.25) is 0 Å². The second kappa shape index (κ2) is 4.45. The number of carbonyl (C=O) groups is 1. The topological polar surface area (TPSA) is 54.0 Å². The van der Waals surface area contributed by atoms with Crippen LogP contribution in [0, 0.1) is 6.92 Å². The molecule has 1 aliphatic heterocycles. The summed E-state index contributed by atoms with van der Waals surface area (Å²) in [5.74, 6) is -0.0224. The smallest absolute Gasteiger partial charge is 0.251 e. The van der Waals surface area contributed by atoms with Crippen molar-refractivity contribution in [2.45, 2.75) is 13.8 Å². The van der Waals surface area contributed by atoms with Crippen molar-refractivity contribution in [1.29, 1.82) is 0 Å². The zero-order chi connectivity index (χ0) is 11.5. The molecule has 1 fully saturated rings. The van der Waals surface area contributed by atoms with E-state index in [9.17, 15) is 4.79 Å². The molecule has 2 rings (SSSR count). The Morgan fingerprint density at radius 1 is 1.50 bits per heavy atom. The number of nitrogens with one attached hydrogen (secondary N) is 2. The maximum atomic E-state index is 11.9. The van der Waals surface area contributed by atoms with Crippen molar-refractivity contribution in [1.82, 2.24) is 10.3 Å². The van der Waals surface area contributed by atoms with Crippen LogP contribution < -0.4 is 10.6 Å². The summed E-state index contributed by atoms with van der Waals surface area (Å²) in [6, 6.07) is 1.81. The number of aryl methyl sites for hydroxylation is 1. The second-order valence-corrected chi connectivity index (χ2v) is 3.98. The molecular formula is C12H15N3O. The summed E-state index contributed by atoms with van der Waals surface area (Å²) in [5, 5.41) is 6.02. The first-order valence-electron chi connectivity index (χ1n) is 5.30. The highest BCUT2D eigenvalue weighted by atomic mass is 16.1. The summed E-state index contributed by atoms with van der Waals surface area (Å²) >= 11 is 0. The zero-order valence-electron chi connectivity index (χ0n) is 9.50. The van der Waals surface area contributed by atoms with Crippen LogP contribution in [-0.2, 0) is 4.79 Å². The van der Waals surface area contributed by atoms with Crippen molar-refractivity contribution < 1.29 is 4.79 Å². The van der Waals surface area contributed by atoms with E-state index >= 15 is 0 Å². The largest absolute Gasteiger partial charge is 0.322 e. The summed E-state index contributed by atoms with van der Waals surface area (Å²) in [4.78, 5) is 15.9. The van der Waals surface area contributed by atoms with E-state index in [0.29, 0.717) is 0 Å². The van der Waals surface area contributed by atoms with Crippen LogP contribution in [0.25, 0.3) is 0 Å². The Labute approximate surface area is 94.8 Å². The maximum absolute atomic E-state index is 11.9. The van der Waals surface area contributed by atoms with Crippen LogP contribution in [0.1, 0.15) is 12.5 Å². The number of nitrogens with zero attached hydrogens (tertiary/aromatic N) is 1. The lowest BCUT2D eigenvalue weighted by Gasteiger charge is -2.21. The van der Waals surface area contributed by atoms with E-state index in [-0.39, 0.29) is 5.91 Å². The number of pyridine rings is 1. The molecule has 1 saturated heterocycles. The molecule has 84 valence electrons. The van der Waals surface area contributed by atoms with Gasteiger partial charge in [-0.2, -0.15) is 0 Å². The van der Waals surface area contributed by atoms with E-state index in [1.165, 1.54) is 5.57 Å². The van der Waals surface area contributed by atoms with Crippen molar-refractivity contribution >= 4 is 11.6 Å². The quantitative estimate of drug-likeness (QED) is 0.733. The fourth-order valence-corrected chi connectivity index (χ4v) is 1.51. The van der Waals surface area contributed by atoms with Gasteiger partial charge in [0.2, 0.25) is 0 Å². The first kappa shape index (κ1) is 10.8. The highest BCUT2D eigenvalue weighted by Crippen LogP contribution is 2.15. The molecule has 0 atom stereocenters. The Balaban J connectivity index is 2.11. The molecule has 0 saturated carbocycles. The van der Waals surface area contributed by atoms with Gasteiger partial charge in [0, 0.05) is 36.7 Å². The van der Waals surface area contributed by atoms with Crippen molar-refractivity contribution in [3.05, 3.63) is 35.2 Å². The Morgan fingerprint density at radius 2 is 2.25 bits per heavy atom. The molecule has 2 N–H and O–H groups in total. The van der Waals surface area contributed by atoms with Crippen LogP contribution in [0.5, 0.6) is 0 Å². The van der Waals surface area contributed by atoms with E-state index in [4.69, 9.17) is 0 Å². The van der Waals surface area contributed by atoms with E-state index in [0.717, 1.165) is 29.9 Å². The fourth-order valence-electron chi connectivity index (χ4n) is 1.51. The summed E-state index contributed by atoms with van der Waals surface area (Å²) in [6.07, 6.45) is 3.42. The Bertz CT molecular complexity index is 445. The molecule has 1 aliphatic rings. The van der Waals surface area contributed by atoms with Gasteiger partial charge in [-0.25, -0.2) is 0 Å². The molecule has 2 heterocycles. The van der Waals surface area contributed by atoms with Crippen LogP contribution >= 0.6 is 0 Å². The highest BCUT2D eigenvalue weighted by molar-refractivity contribution is 6.04. The third-order valence-electron chi connectivity index (χ3n) is 2.82. The van der Waals surface area contributed by atoms with E-state index in [1.807, 2.05) is 19.9 Å². The SMILES string of the molecule is CC(C(=O)Nc1ccncc1C)=C1CNC1. The van der Waals surface area contributed by atoms with Crippen LogP contribution in [0.4, 0.5) is 5.69 Å². The van der Waals surface area contributed by atoms with Crippen molar-refractivity contribution in [2.24, 2.45) is 0 Å². The van der Waals surface area contributed by atoms with Gasteiger partial charge in [-0.05, 0) is 31.1 Å². The van der Waals surface area contributed by atoms with Gasteiger partial charge in [-0.3, -0.25) is 9.78 Å². The normalized spacial score (nSPS) is 14.2. The van der Waals surface area contributed by atoms with Crippen LogP contribution in [0.15, 0.2) is 29.6 Å². The number of hydrogen-bond acceptors (Lipinski definition) is 3. The minimum atomic E-state index is -0.0224. The number of anilines is 1. The first-order chi connectivity index (χ1) is 7.68. The average Bonchev–Trinajstić information content (AvgIpc) is 2.18. The summed E-state index contributed by atoms with van der Waals surface area (Å²) in [6.45, 7) is 5.45. The Hall–Kier alpha value is -1.68. The molecule has 0 bridgehead atoms. The molecule has 16 heavy (non-hydrogen) atoms. The first-order valence-corrected chi connectivity index (χ1v) is 5.30. The summed E-state index contributed by atoms with van der Waals surface area (Å²) < 4.78 is 0. The maximum Gasteiger partial charge on any atom is 0.251 e. The molecule has 0 unspecified atom stereocenters. The lowest BCUT2D eigenvalue weighted by Crippen LogP contribution is -2.36. The molecule has 1 aromatic heterocycles. The zero-order valence-corrected chi connectivity index (χ0v) is 9.50. The van der Waals surface area contributed by atoms with Gasteiger partial charge in [0.15, 0.2) is 0 Å². The third kappa shape index (κ3) is 2.12. The predicted octanol–water partition coefficient (Wildman–Crippen LogP) is 1.25. The number of hydrogen-bond donors (Lipinski definition) is 2. The van der Waals surface area contributed by atoms with Crippen molar-refractivity contribution in [2.75, 3.05) is 18.4 Å². The van der Waals surface area contributed by atoms with Gasteiger partial charge >= 0.3 is 0 Å². The Morgan fingerprint density at radius 3 is 2.81 bits per heavy atom. The molecule has 0 aromatic carbocycles. The molecule has 4 nitrogen and oxygen atoms in total. The number of aromatic nitrogens is 1. The van der Waals surface area contributed by atoms with Crippen LogP contribution in [-0.4, -0.2) is 24.0 Å². The highest BCUT2D eigenvalue weighted by Gasteiger charge is 2.16. The fraction of sp³-hybridized carbons (Fsp3) is 0.333. The molecule has 0 spiro atoms. The number of carbonyl (C=O) groups excluding carboxylic acids is 1. The predicted molar refractivity (Wildman–Crippen MR) is 63.2 cm³/mol. The van der Waals surface area contributed by atoms with E-state index < -0.39 is 0 Å². The van der Waals surface area contributed by atoms with Crippen molar-refractivity contribution in [3.63, 3.8) is 0 Å². The number of rotatable bonds is 2. The van der Waals surface area contributed by atoms with Gasteiger partial charge < -0.3 is 10.6 Å². The lowest BCUT2D eigenvalue weighted by molar-refractivity contribution is -0.112. The molecule has 1 amide bonds. The molecule has 4 heteroatoms. The number of amides is 1. The minimum Gasteiger partial charge on any atom is -0.322 e. The molecule has 0 radical (unpaired) electrons. The minimum absolute atomic E-state index is 0.0224. The van der Waals surface area contributed by atoms with Gasteiger partial charge in [0.05, 0.1) is 0 Å². The van der Waals surface area contributed by atoms with Gasteiger partial charge in [-0.15, -0.1) is 0 Å². The van der Waals surface area contributed by atoms with E-state index in [1.54, 1.807) is 12.4 Å². The van der Waals surface area contributed by atoms with Gasteiger partial charge in [-0.1, -0.05) is 0 Å². The van der Waals surface area contributed by atoms with Gasteiger partial charge in [0.25, 0.3) is 5.91 Å². The molecular weight excluding hydrogens is 202 g/mol. The van der Waals surface area contributed by atoms with Crippen LogP contribution in [0.3, 0.4) is 0 Å². The molecule has 1 aromatic rings. The standard InChI is InChI=1S/C12H15N3O/c1-8-5-13-4-3-11(8)15-12(16)9(2)10-6-14-7-10/h3-5,14H,6-7H2,1-2H3,(H,13,15,16). The van der Waals surface area contributed by atoms with Gasteiger partial charge in [0.1, 0.15) is 0 Å².